The van der Waals surface area contributed by atoms with E-state index in [-0.39, 0.29) is 5.41 Å². The second kappa shape index (κ2) is 8.57. The van der Waals surface area contributed by atoms with Crippen LogP contribution >= 0.6 is 0 Å². The maximum atomic E-state index is 5.99. The molecule has 0 bridgehead atoms. The van der Waals surface area contributed by atoms with Crippen molar-refractivity contribution < 1.29 is 9.47 Å². The van der Waals surface area contributed by atoms with Crippen molar-refractivity contribution in [1.82, 2.24) is 19.9 Å². The number of ether oxygens (including phenoxy) is 2. The van der Waals surface area contributed by atoms with Gasteiger partial charge in [0.25, 0.3) is 0 Å². The zero-order valence-corrected chi connectivity index (χ0v) is 17.8. The summed E-state index contributed by atoms with van der Waals surface area (Å²) in [6.45, 7) is 8.96. The van der Waals surface area contributed by atoms with Crippen LogP contribution in [0.4, 0.5) is 5.95 Å². The number of nitrogens with zero attached hydrogens (tertiary/aromatic N) is 4. The quantitative estimate of drug-likeness (QED) is 0.814. The Labute approximate surface area is 178 Å². The molecule has 2 fully saturated rings. The monoisotopic (exact) mass is 409 g/mol. The standard InChI is InChI=1S/C23H31N5O2/c1-17-2-6-24-20(10-17)13-28-7-5-23(15-28)16-30-14-19-12-26-22(27-21(19)23)25-11-18-3-8-29-9-4-18/h2,6,10,12,18H,3-5,7-9,11,13-16H2,1H3,(H,25,26,27)/t23-/m1/s1. The summed E-state index contributed by atoms with van der Waals surface area (Å²) in [6, 6.07) is 4.22. The van der Waals surface area contributed by atoms with E-state index in [1.54, 1.807) is 0 Å². The highest BCUT2D eigenvalue weighted by Gasteiger charge is 2.45. The Morgan fingerprint density at radius 3 is 3.00 bits per heavy atom. The van der Waals surface area contributed by atoms with Crippen molar-refractivity contribution in [3.05, 3.63) is 47.0 Å². The van der Waals surface area contributed by atoms with E-state index in [9.17, 15) is 0 Å². The van der Waals surface area contributed by atoms with Crippen LogP contribution in [0, 0.1) is 12.8 Å². The fourth-order valence-corrected chi connectivity index (χ4v) is 4.99. The van der Waals surface area contributed by atoms with E-state index in [2.05, 4.69) is 33.2 Å². The molecule has 1 N–H and O–H groups in total. The Hall–Kier alpha value is -2.09. The zero-order chi connectivity index (χ0) is 20.4. The van der Waals surface area contributed by atoms with Crippen molar-refractivity contribution in [2.24, 2.45) is 5.92 Å². The van der Waals surface area contributed by atoms with Crippen LogP contribution in [0.25, 0.3) is 0 Å². The molecular formula is C23H31N5O2. The molecule has 2 aromatic heterocycles. The number of aryl methyl sites for hydroxylation is 1. The van der Waals surface area contributed by atoms with E-state index < -0.39 is 0 Å². The van der Waals surface area contributed by atoms with Crippen LogP contribution in [-0.2, 0) is 28.0 Å². The number of pyridine rings is 1. The van der Waals surface area contributed by atoms with Crippen molar-refractivity contribution in [1.29, 1.82) is 0 Å². The number of anilines is 1. The van der Waals surface area contributed by atoms with Crippen LogP contribution in [0.5, 0.6) is 0 Å². The SMILES string of the molecule is Cc1ccnc(CN2CC[C@]3(COCc4cnc(NCC5CCOCC5)nc43)C2)c1. The molecule has 0 radical (unpaired) electrons. The van der Waals surface area contributed by atoms with Crippen molar-refractivity contribution in [2.75, 3.05) is 44.8 Å². The number of hydrogen-bond donors (Lipinski definition) is 1. The lowest BCUT2D eigenvalue weighted by molar-refractivity contribution is 0.0502. The smallest absolute Gasteiger partial charge is 0.222 e. The summed E-state index contributed by atoms with van der Waals surface area (Å²) in [4.78, 5) is 16.6. The van der Waals surface area contributed by atoms with Crippen LogP contribution < -0.4 is 5.32 Å². The first-order valence-corrected chi connectivity index (χ1v) is 11.1. The van der Waals surface area contributed by atoms with Crippen molar-refractivity contribution >= 4 is 5.95 Å². The number of rotatable bonds is 5. The van der Waals surface area contributed by atoms with E-state index in [4.69, 9.17) is 14.5 Å². The third-order valence-corrected chi connectivity index (χ3v) is 6.68. The summed E-state index contributed by atoms with van der Waals surface area (Å²) in [6.07, 6.45) is 7.14. The Morgan fingerprint density at radius 1 is 1.23 bits per heavy atom. The third kappa shape index (κ3) is 4.19. The van der Waals surface area contributed by atoms with Gasteiger partial charge in [0.15, 0.2) is 0 Å². The first-order chi connectivity index (χ1) is 14.7. The Morgan fingerprint density at radius 2 is 2.13 bits per heavy atom. The predicted octanol–water partition coefficient (Wildman–Crippen LogP) is 2.69. The molecule has 7 nitrogen and oxygen atoms in total. The van der Waals surface area contributed by atoms with E-state index in [0.29, 0.717) is 12.5 Å². The summed E-state index contributed by atoms with van der Waals surface area (Å²) in [5, 5.41) is 3.49. The Bertz CT molecular complexity index is 886. The summed E-state index contributed by atoms with van der Waals surface area (Å²) in [7, 11) is 0. The lowest BCUT2D eigenvalue weighted by Gasteiger charge is -2.34. The zero-order valence-electron chi connectivity index (χ0n) is 17.8. The number of fused-ring (bicyclic) bond motifs is 2. The second-order valence-electron chi connectivity index (χ2n) is 9.06. The minimum atomic E-state index is -0.0462. The fraction of sp³-hybridized carbons (Fsp3) is 0.609. The van der Waals surface area contributed by atoms with Gasteiger partial charge in [-0.05, 0) is 56.3 Å². The molecule has 0 aromatic carbocycles. The van der Waals surface area contributed by atoms with Gasteiger partial charge in [-0.3, -0.25) is 9.88 Å². The van der Waals surface area contributed by atoms with Gasteiger partial charge in [-0.15, -0.1) is 0 Å². The Balaban J connectivity index is 1.30. The molecule has 0 amide bonds. The van der Waals surface area contributed by atoms with Crippen LogP contribution in [0.2, 0.25) is 0 Å². The number of aromatic nitrogens is 3. The molecule has 5 rings (SSSR count). The first-order valence-electron chi connectivity index (χ1n) is 11.1. The molecule has 5 heterocycles. The summed E-state index contributed by atoms with van der Waals surface area (Å²) in [5.41, 5.74) is 4.65. The average molecular weight is 410 g/mol. The number of hydrogen-bond acceptors (Lipinski definition) is 7. The van der Waals surface area contributed by atoms with Crippen molar-refractivity contribution in [3.63, 3.8) is 0 Å². The summed E-state index contributed by atoms with van der Waals surface area (Å²) >= 11 is 0. The van der Waals surface area contributed by atoms with E-state index in [1.807, 2.05) is 18.5 Å². The summed E-state index contributed by atoms with van der Waals surface area (Å²) in [5.74, 6) is 1.39. The lowest BCUT2D eigenvalue weighted by Crippen LogP contribution is -2.40. The molecule has 1 spiro atoms. The maximum absolute atomic E-state index is 5.99. The molecule has 30 heavy (non-hydrogen) atoms. The van der Waals surface area contributed by atoms with Gasteiger partial charge in [-0.2, -0.15) is 0 Å². The highest BCUT2D eigenvalue weighted by molar-refractivity contribution is 5.36. The highest BCUT2D eigenvalue weighted by Crippen LogP contribution is 2.39. The van der Waals surface area contributed by atoms with Gasteiger partial charge in [0.2, 0.25) is 5.95 Å². The lowest BCUT2D eigenvalue weighted by atomic mass is 9.80. The number of nitrogens with one attached hydrogen (secondary N) is 1. The van der Waals surface area contributed by atoms with E-state index >= 15 is 0 Å². The minimum absolute atomic E-state index is 0.0462. The van der Waals surface area contributed by atoms with E-state index in [0.717, 1.165) is 82.5 Å². The highest BCUT2D eigenvalue weighted by atomic mass is 16.5. The van der Waals surface area contributed by atoms with Gasteiger partial charge in [0.1, 0.15) is 0 Å². The van der Waals surface area contributed by atoms with Gasteiger partial charge in [0, 0.05) is 50.8 Å². The van der Waals surface area contributed by atoms with Gasteiger partial charge in [-0.1, -0.05) is 0 Å². The summed E-state index contributed by atoms with van der Waals surface area (Å²) < 4.78 is 11.5. The maximum Gasteiger partial charge on any atom is 0.222 e. The van der Waals surface area contributed by atoms with Crippen LogP contribution in [0.15, 0.2) is 24.5 Å². The topological polar surface area (TPSA) is 72.4 Å². The number of likely N-dealkylation sites (tertiary alicyclic amines) is 1. The molecule has 2 saturated heterocycles. The molecular weight excluding hydrogens is 378 g/mol. The van der Waals surface area contributed by atoms with Gasteiger partial charge in [0.05, 0.1) is 30.0 Å². The van der Waals surface area contributed by atoms with Crippen molar-refractivity contribution in [2.45, 2.75) is 44.8 Å². The predicted molar refractivity (Wildman–Crippen MR) is 114 cm³/mol. The molecule has 1 atom stereocenters. The fourth-order valence-electron chi connectivity index (χ4n) is 4.99. The second-order valence-corrected chi connectivity index (χ2v) is 9.06. The van der Waals surface area contributed by atoms with Crippen molar-refractivity contribution in [3.8, 4) is 0 Å². The van der Waals surface area contributed by atoms with Gasteiger partial charge >= 0.3 is 0 Å². The van der Waals surface area contributed by atoms with Crippen LogP contribution in [-0.4, -0.2) is 59.3 Å². The van der Waals surface area contributed by atoms with E-state index in [1.165, 1.54) is 11.3 Å². The molecule has 0 aliphatic carbocycles. The van der Waals surface area contributed by atoms with Crippen LogP contribution in [0.1, 0.15) is 41.8 Å². The van der Waals surface area contributed by atoms with Crippen LogP contribution in [0.3, 0.4) is 0 Å². The largest absolute Gasteiger partial charge is 0.381 e. The minimum Gasteiger partial charge on any atom is -0.381 e. The molecule has 2 aromatic rings. The molecule has 3 aliphatic heterocycles. The molecule has 0 unspecified atom stereocenters. The van der Waals surface area contributed by atoms with Gasteiger partial charge in [-0.25, -0.2) is 9.97 Å². The third-order valence-electron chi connectivity index (χ3n) is 6.68. The first kappa shape index (κ1) is 19.8. The van der Waals surface area contributed by atoms with Gasteiger partial charge < -0.3 is 14.8 Å². The molecule has 7 heteroatoms. The Kier molecular flexibility index (Phi) is 5.67. The molecule has 160 valence electrons. The molecule has 0 saturated carbocycles. The molecule has 3 aliphatic rings. The normalized spacial score (nSPS) is 24.8. The average Bonchev–Trinajstić information content (AvgIpc) is 3.16.